The predicted octanol–water partition coefficient (Wildman–Crippen LogP) is 2.51. The van der Waals surface area contributed by atoms with Crippen molar-refractivity contribution in [1.82, 2.24) is 0 Å². The lowest BCUT2D eigenvalue weighted by Crippen LogP contribution is -2.40. The van der Waals surface area contributed by atoms with Gasteiger partial charge >= 0.3 is 5.69 Å². The molecule has 0 fully saturated rings. The number of anilines is 1. The van der Waals surface area contributed by atoms with Crippen molar-refractivity contribution in [2.24, 2.45) is 0 Å². The minimum absolute atomic E-state index is 0.00609. The molecule has 2 aromatic rings. The average molecular weight is 318 g/mol. The van der Waals surface area contributed by atoms with Crippen molar-refractivity contribution in [3.8, 4) is 11.5 Å². The summed E-state index contributed by atoms with van der Waals surface area (Å²) in [5, 5.41) is 13.2. The van der Waals surface area contributed by atoms with E-state index in [4.69, 9.17) is 9.47 Å². The number of nitro benzene ring substituents is 1. The van der Waals surface area contributed by atoms with Gasteiger partial charge in [-0.05, 0) is 24.3 Å². The monoisotopic (exact) mass is 318 g/mol. The minimum atomic E-state index is -0.973. The number of rotatable bonds is 3. The van der Waals surface area contributed by atoms with Gasteiger partial charge in [-0.2, -0.15) is 4.39 Å². The summed E-state index contributed by atoms with van der Waals surface area (Å²) in [5.74, 6) is -0.544. The second-order valence-electron chi connectivity index (χ2n) is 4.78. The number of para-hydroxylation sites is 2. The second kappa shape index (κ2) is 5.91. The summed E-state index contributed by atoms with van der Waals surface area (Å²) in [6.07, 6.45) is -0.908. The number of amides is 1. The number of halogens is 1. The fraction of sp³-hybridized carbons (Fsp3) is 0.133. The normalized spacial score (nSPS) is 15.8. The molecule has 1 atom stereocenters. The van der Waals surface area contributed by atoms with E-state index in [1.165, 1.54) is 6.07 Å². The zero-order chi connectivity index (χ0) is 16.4. The zero-order valence-corrected chi connectivity index (χ0v) is 11.7. The first-order valence-electron chi connectivity index (χ1n) is 6.68. The number of carbonyl (C=O) groups is 1. The van der Waals surface area contributed by atoms with E-state index in [0.717, 1.165) is 12.1 Å². The summed E-state index contributed by atoms with van der Waals surface area (Å²) in [7, 11) is 0. The molecule has 1 aliphatic rings. The fourth-order valence-electron chi connectivity index (χ4n) is 2.10. The number of nitro groups is 1. The van der Waals surface area contributed by atoms with Crippen LogP contribution in [0.2, 0.25) is 0 Å². The molecule has 1 amide bonds. The number of nitrogens with zero attached hydrogens (tertiary/aromatic N) is 1. The molecule has 0 bridgehead atoms. The summed E-state index contributed by atoms with van der Waals surface area (Å²) in [6.45, 7) is 0.00609. The molecule has 8 heteroatoms. The molecule has 2 aromatic carbocycles. The number of nitrogens with one attached hydrogen (secondary N) is 1. The van der Waals surface area contributed by atoms with Crippen LogP contribution in [0.3, 0.4) is 0 Å². The SMILES string of the molecule is O=C(Nc1ccc(F)c([N+](=O)[O-])c1)[C@@H]1COc2ccccc2O1. The van der Waals surface area contributed by atoms with Crippen molar-refractivity contribution in [3.63, 3.8) is 0 Å². The number of hydrogen-bond donors (Lipinski definition) is 1. The van der Waals surface area contributed by atoms with Gasteiger partial charge in [-0.15, -0.1) is 0 Å². The van der Waals surface area contributed by atoms with E-state index >= 15 is 0 Å². The Balaban J connectivity index is 1.73. The van der Waals surface area contributed by atoms with Gasteiger partial charge in [0.2, 0.25) is 11.9 Å². The molecule has 0 aromatic heterocycles. The zero-order valence-electron chi connectivity index (χ0n) is 11.7. The summed E-state index contributed by atoms with van der Waals surface area (Å²) >= 11 is 0. The van der Waals surface area contributed by atoms with Crippen LogP contribution in [-0.4, -0.2) is 23.5 Å². The Morgan fingerprint density at radius 2 is 2.00 bits per heavy atom. The third kappa shape index (κ3) is 3.05. The molecule has 1 heterocycles. The van der Waals surface area contributed by atoms with Crippen LogP contribution in [-0.2, 0) is 4.79 Å². The summed E-state index contributed by atoms with van der Waals surface area (Å²) in [5.41, 5.74) is -0.612. The quantitative estimate of drug-likeness (QED) is 0.693. The molecule has 3 rings (SSSR count). The van der Waals surface area contributed by atoms with Gasteiger partial charge in [-0.25, -0.2) is 0 Å². The Morgan fingerprint density at radius 1 is 1.26 bits per heavy atom. The highest BCUT2D eigenvalue weighted by Gasteiger charge is 2.27. The lowest BCUT2D eigenvalue weighted by atomic mass is 10.2. The van der Waals surface area contributed by atoms with Crippen LogP contribution >= 0.6 is 0 Å². The number of benzene rings is 2. The van der Waals surface area contributed by atoms with Crippen molar-refractivity contribution in [3.05, 3.63) is 58.4 Å². The van der Waals surface area contributed by atoms with Gasteiger partial charge in [0.15, 0.2) is 11.5 Å². The van der Waals surface area contributed by atoms with Gasteiger partial charge < -0.3 is 14.8 Å². The van der Waals surface area contributed by atoms with E-state index in [1.54, 1.807) is 24.3 Å². The Hall–Kier alpha value is -3.16. The van der Waals surface area contributed by atoms with Gasteiger partial charge in [-0.3, -0.25) is 14.9 Å². The highest BCUT2D eigenvalue weighted by Crippen LogP contribution is 2.31. The Bertz CT molecular complexity index is 780. The van der Waals surface area contributed by atoms with Gasteiger partial charge in [0.25, 0.3) is 5.91 Å². The number of fused-ring (bicyclic) bond motifs is 1. The van der Waals surface area contributed by atoms with E-state index in [9.17, 15) is 19.3 Å². The molecule has 1 N–H and O–H groups in total. The third-order valence-electron chi connectivity index (χ3n) is 3.21. The van der Waals surface area contributed by atoms with Crippen molar-refractivity contribution in [2.75, 3.05) is 11.9 Å². The van der Waals surface area contributed by atoms with E-state index in [1.807, 2.05) is 0 Å². The maximum Gasteiger partial charge on any atom is 0.306 e. The number of hydrogen-bond acceptors (Lipinski definition) is 5. The lowest BCUT2D eigenvalue weighted by molar-refractivity contribution is -0.387. The largest absolute Gasteiger partial charge is 0.485 e. The first kappa shape index (κ1) is 14.8. The van der Waals surface area contributed by atoms with E-state index in [2.05, 4.69) is 5.32 Å². The molecular formula is C15H11FN2O5. The molecule has 118 valence electrons. The lowest BCUT2D eigenvalue weighted by Gasteiger charge is -2.25. The maximum absolute atomic E-state index is 13.3. The smallest absolute Gasteiger partial charge is 0.306 e. The molecule has 0 aliphatic carbocycles. The second-order valence-corrected chi connectivity index (χ2v) is 4.78. The topological polar surface area (TPSA) is 90.7 Å². The molecule has 0 saturated carbocycles. The number of carbonyl (C=O) groups excluding carboxylic acids is 1. The minimum Gasteiger partial charge on any atom is -0.485 e. The van der Waals surface area contributed by atoms with Crippen molar-refractivity contribution in [1.29, 1.82) is 0 Å². The number of ether oxygens (including phenoxy) is 2. The molecule has 0 radical (unpaired) electrons. The maximum atomic E-state index is 13.3. The van der Waals surface area contributed by atoms with Crippen molar-refractivity contribution >= 4 is 17.3 Å². The van der Waals surface area contributed by atoms with Crippen LogP contribution in [0.25, 0.3) is 0 Å². The van der Waals surface area contributed by atoms with Gasteiger partial charge in [0.1, 0.15) is 6.61 Å². The molecule has 1 aliphatic heterocycles. The average Bonchev–Trinajstić information content (AvgIpc) is 2.55. The van der Waals surface area contributed by atoms with Gasteiger partial charge in [0, 0.05) is 11.8 Å². The predicted molar refractivity (Wildman–Crippen MR) is 78.0 cm³/mol. The van der Waals surface area contributed by atoms with Crippen LogP contribution in [0.1, 0.15) is 0 Å². The Labute approximate surface area is 129 Å². The van der Waals surface area contributed by atoms with Crippen LogP contribution in [0.15, 0.2) is 42.5 Å². The first-order chi connectivity index (χ1) is 11.0. The summed E-state index contributed by atoms with van der Waals surface area (Å²) < 4.78 is 24.2. The van der Waals surface area contributed by atoms with E-state index < -0.39 is 28.4 Å². The van der Waals surface area contributed by atoms with E-state index in [-0.39, 0.29) is 12.3 Å². The highest BCUT2D eigenvalue weighted by molar-refractivity contribution is 5.95. The van der Waals surface area contributed by atoms with Crippen LogP contribution in [0.5, 0.6) is 11.5 Å². The first-order valence-corrected chi connectivity index (χ1v) is 6.68. The Morgan fingerprint density at radius 3 is 2.74 bits per heavy atom. The summed E-state index contributed by atoms with van der Waals surface area (Å²) in [4.78, 5) is 22.0. The molecule has 0 spiro atoms. The molecule has 23 heavy (non-hydrogen) atoms. The highest BCUT2D eigenvalue weighted by atomic mass is 19.1. The van der Waals surface area contributed by atoms with Gasteiger partial charge in [0.05, 0.1) is 4.92 Å². The summed E-state index contributed by atoms with van der Waals surface area (Å²) in [6, 6.07) is 10.0. The standard InChI is InChI=1S/C15H11FN2O5/c16-10-6-5-9(7-11(10)18(20)21)17-15(19)14-8-22-12-3-1-2-4-13(12)23-14/h1-7,14H,8H2,(H,17,19)/t14-/m0/s1. The fourth-order valence-corrected chi connectivity index (χ4v) is 2.10. The molecule has 7 nitrogen and oxygen atoms in total. The molecule has 0 saturated heterocycles. The van der Waals surface area contributed by atoms with E-state index in [0.29, 0.717) is 11.5 Å². The van der Waals surface area contributed by atoms with Crippen LogP contribution in [0, 0.1) is 15.9 Å². The molecular weight excluding hydrogens is 307 g/mol. The third-order valence-corrected chi connectivity index (χ3v) is 3.21. The van der Waals surface area contributed by atoms with Crippen LogP contribution < -0.4 is 14.8 Å². The van der Waals surface area contributed by atoms with Crippen molar-refractivity contribution in [2.45, 2.75) is 6.10 Å². The van der Waals surface area contributed by atoms with Gasteiger partial charge in [-0.1, -0.05) is 12.1 Å². The molecule has 0 unspecified atom stereocenters. The Kier molecular flexibility index (Phi) is 3.80. The van der Waals surface area contributed by atoms with Crippen LogP contribution in [0.4, 0.5) is 15.8 Å². The van der Waals surface area contributed by atoms with Crippen molar-refractivity contribution < 1.29 is 23.6 Å².